The number of hydrogen-bond donors (Lipinski definition) is 0. The predicted molar refractivity (Wildman–Crippen MR) is 71.4 cm³/mol. The Hall–Kier alpha value is -1.56. The summed E-state index contributed by atoms with van der Waals surface area (Å²) in [6, 6.07) is 6.67. The van der Waals surface area contributed by atoms with Crippen LogP contribution in [0.15, 0.2) is 30.3 Å². The summed E-state index contributed by atoms with van der Waals surface area (Å²) in [5.74, 6) is -0.267. The van der Waals surface area contributed by atoms with Crippen LogP contribution in [0, 0.1) is 0 Å². The molecule has 2 aliphatic heterocycles. The second-order valence-electron chi connectivity index (χ2n) is 5.77. The zero-order valence-electron chi connectivity index (χ0n) is 11.7. The smallest absolute Gasteiger partial charge is 0.336 e. The maximum Gasteiger partial charge on any atom is 0.406 e. The van der Waals surface area contributed by atoms with E-state index < -0.39 is 18.3 Å². The summed E-state index contributed by atoms with van der Waals surface area (Å²) in [5.41, 5.74) is 0.869. The highest BCUT2D eigenvalue weighted by Gasteiger charge is 2.60. The monoisotopic (exact) mass is 298 g/mol. The second kappa shape index (κ2) is 5.02. The molecule has 2 aliphatic rings. The molecule has 0 aromatic heterocycles. The second-order valence-corrected chi connectivity index (χ2v) is 5.77. The highest BCUT2D eigenvalue weighted by molar-refractivity contribution is 5.74. The minimum atomic E-state index is -4.32. The first-order valence-electron chi connectivity index (χ1n) is 7.01. The van der Waals surface area contributed by atoms with Gasteiger partial charge < -0.3 is 4.90 Å². The molecule has 0 saturated carbocycles. The molecule has 114 valence electrons. The van der Waals surface area contributed by atoms with E-state index in [0.717, 1.165) is 5.56 Å². The fourth-order valence-corrected chi connectivity index (χ4v) is 3.62. The molecule has 1 amide bonds. The topological polar surface area (TPSA) is 23.6 Å². The molecule has 3 rings (SSSR count). The number of carbonyl (C=O) groups excluding carboxylic acids is 1. The number of fused-ring (bicyclic) bond motifs is 2. The van der Waals surface area contributed by atoms with Gasteiger partial charge in [-0.3, -0.25) is 9.69 Å². The molecular weight excluding hydrogens is 281 g/mol. The molecule has 1 aromatic carbocycles. The average Bonchev–Trinajstić information content (AvgIpc) is 2.96. The molecule has 3 unspecified atom stereocenters. The van der Waals surface area contributed by atoms with E-state index >= 15 is 0 Å². The summed E-state index contributed by atoms with van der Waals surface area (Å²) in [7, 11) is 0. The van der Waals surface area contributed by atoms with Gasteiger partial charge in [-0.1, -0.05) is 30.3 Å². The van der Waals surface area contributed by atoms with Crippen LogP contribution in [-0.2, 0) is 11.3 Å². The van der Waals surface area contributed by atoms with Crippen LogP contribution in [0.3, 0.4) is 0 Å². The van der Waals surface area contributed by atoms with Crippen molar-refractivity contribution in [2.75, 3.05) is 6.54 Å². The van der Waals surface area contributed by atoms with E-state index in [1.54, 1.807) is 0 Å². The van der Waals surface area contributed by atoms with Crippen LogP contribution < -0.4 is 0 Å². The SMILES string of the molecule is CC(=O)N1CC2CC1C(C(F)(F)F)N2Cc1ccccc1. The Bertz CT molecular complexity index is 531. The highest BCUT2D eigenvalue weighted by Crippen LogP contribution is 2.43. The van der Waals surface area contributed by atoms with Gasteiger partial charge in [0.05, 0.1) is 6.04 Å². The molecular formula is C15H17F3N2O. The van der Waals surface area contributed by atoms with Crippen LogP contribution in [0.1, 0.15) is 18.9 Å². The number of hydrogen-bond acceptors (Lipinski definition) is 2. The Labute approximate surface area is 121 Å². The average molecular weight is 298 g/mol. The van der Waals surface area contributed by atoms with Crippen molar-refractivity contribution in [3.05, 3.63) is 35.9 Å². The highest BCUT2D eigenvalue weighted by atomic mass is 19.4. The summed E-state index contributed by atoms with van der Waals surface area (Å²) in [6.45, 7) is 2.02. The van der Waals surface area contributed by atoms with Gasteiger partial charge in [0.25, 0.3) is 0 Å². The van der Waals surface area contributed by atoms with Crippen molar-refractivity contribution in [1.82, 2.24) is 9.80 Å². The molecule has 1 aromatic rings. The molecule has 3 nitrogen and oxygen atoms in total. The maximum atomic E-state index is 13.4. The van der Waals surface area contributed by atoms with Gasteiger partial charge >= 0.3 is 6.18 Å². The Balaban J connectivity index is 1.86. The third-order valence-corrected chi connectivity index (χ3v) is 4.46. The van der Waals surface area contributed by atoms with Crippen molar-refractivity contribution < 1.29 is 18.0 Å². The minimum Gasteiger partial charge on any atom is -0.336 e. The normalized spacial score (nSPS) is 29.1. The predicted octanol–water partition coefficient (Wildman–Crippen LogP) is 2.42. The van der Waals surface area contributed by atoms with Crippen molar-refractivity contribution >= 4 is 5.91 Å². The van der Waals surface area contributed by atoms with E-state index in [4.69, 9.17) is 0 Å². The van der Waals surface area contributed by atoms with Gasteiger partial charge in [-0.05, 0) is 12.0 Å². The first kappa shape index (κ1) is 14.4. The lowest BCUT2D eigenvalue weighted by Gasteiger charge is -2.41. The fraction of sp³-hybridized carbons (Fsp3) is 0.533. The first-order valence-corrected chi connectivity index (χ1v) is 7.01. The fourth-order valence-electron chi connectivity index (χ4n) is 3.62. The quantitative estimate of drug-likeness (QED) is 0.837. The Morgan fingerprint density at radius 3 is 2.52 bits per heavy atom. The van der Waals surface area contributed by atoms with E-state index in [9.17, 15) is 18.0 Å². The molecule has 21 heavy (non-hydrogen) atoms. The maximum absolute atomic E-state index is 13.4. The third-order valence-electron chi connectivity index (χ3n) is 4.46. The Kier molecular flexibility index (Phi) is 3.43. The van der Waals surface area contributed by atoms with Crippen molar-refractivity contribution in [1.29, 1.82) is 0 Å². The van der Waals surface area contributed by atoms with Gasteiger partial charge in [0, 0.05) is 26.1 Å². The van der Waals surface area contributed by atoms with Gasteiger partial charge in [-0.25, -0.2) is 0 Å². The van der Waals surface area contributed by atoms with Crippen molar-refractivity contribution in [3.8, 4) is 0 Å². The molecule has 2 heterocycles. The molecule has 0 spiro atoms. The van der Waals surface area contributed by atoms with E-state index in [-0.39, 0.29) is 18.5 Å². The number of carbonyl (C=O) groups is 1. The van der Waals surface area contributed by atoms with Crippen molar-refractivity contribution in [2.24, 2.45) is 0 Å². The van der Waals surface area contributed by atoms with Gasteiger partial charge in [0.1, 0.15) is 6.04 Å². The van der Waals surface area contributed by atoms with Crippen LogP contribution in [0.2, 0.25) is 0 Å². The summed E-state index contributed by atoms with van der Waals surface area (Å²) in [6.07, 6.45) is -3.90. The minimum absolute atomic E-state index is 0.203. The molecule has 0 N–H and O–H groups in total. The van der Waals surface area contributed by atoms with Crippen LogP contribution >= 0.6 is 0 Å². The lowest BCUT2D eigenvalue weighted by molar-refractivity contribution is -0.201. The lowest BCUT2D eigenvalue weighted by atomic mass is 10.1. The molecule has 0 aliphatic carbocycles. The van der Waals surface area contributed by atoms with Crippen LogP contribution in [-0.4, -0.2) is 46.6 Å². The number of alkyl halides is 3. The first-order chi connectivity index (χ1) is 9.88. The summed E-state index contributed by atoms with van der Waals surface area (Å²) < 4.78 is 40.3. The van der Waals surface area contributed by atoms with E-state index in [2.05, 4.69) is 0 Å². The number of piperazine rings is 1. The number of halogens is 3. The lowest BCUT2D eigenvalue weighted by Crippen LogP contribution is -2.59. The number of benzene rings is 1. The van der Waals surface area contributed by atoms with Crippen LogP contribution in [0.5, 0.6) is 0 Å². The van der Waals surface area contributed by atoms with Gasteiger partial charge in [0.15, 0.2) is 0 Å². The van der Waals surface area contributed by atoms with Crippen LogP contribution in [0.25, 0.3) is 0 Å². The number of rotatable bonds is 2. The number of likely N-dealkylation sites (tertiary alicyclic amines) is 2. The molecule has 2 saturated heterocycles. The third kappa shape index (κ3) is 2.52. The van der Waals surface area contributed by atoms with Crippen molar-refractivity contribution in [2.45, 2.75) is 44.2 Å². The summed E-state index contributed by atoms with van der Waals surface area (Å²) >= 11 is 0. The standard InChI is InChI=1S/C15H17F3N2O/c1-10(21)19-9-12-7-13(19)14(15(16,17)18)20(12)8-11-5-3-2-4-6-11/h2-6,12-14H,7-9H2,1H3. The molecule has 3 atom stereocenters. The number of nitrogens with zero attached hydrogens (tertiary/aromatic N) is 2. The molecule has 2 fully saturated rings. The van der Waals surface area contributed by atoms with Crippen LogP contribution in [0.4, 0.5) is 13.2 Å². The van der Waals surface area contributed by atoms with E-state index in [1.807, 2.05) is 30.3 Å². The molecule has 0 radical (unpaired) electrons. The molecule has 6 heteroatoms. The van der Waals surface area contributed by atoms with Gasteiger partial charge in [0.2, 0.25) is 5.91 Å². The zero-order valence-corrected chi connectivity index (χ0v) is 11.7. The zero-order chi connectivity index (χ0) is 15.2. The van der Waals surface area contributed by atoms with E-state index in [0.29, 0.717) is 13.0 Å². The summed E-state index contributed by atoms with van der Waals surface area (Å²) in [4.78, 5) is 14.4. The van der Waals surface area contributed by atoms with Crippen molar-refractivity contribution in [3.63, 3.8) is 0 Å². The van der Waals surface area contributed by atoms with E-state index in [1.165, 1.54) is 16.7 Å². The number of amides is 1. The summed E-state index contributed by atoms with van der Waals surface area (Å²) in [5, 5.41) is 0. The largest absolute Gasteiger partial charge is 0.406 e. The Morgan fingerprint density at radius 2 is 1.95 bits per heavy atom. The Morgan fingerprint density at radius 1 is 1.29 bits per heavy atom. The van der Waals surface area contributed by atoms with Gasteiger partial charge in [-0.2, -0.15) is 13.2 Å². The van der Waals surface area contributed by atoms with Gasteiger partial charge in [-0.15, -0.1) is 0 Å². The molecule has 2 bridgehead atoms.